The van der Waals surface area contributed by atoms with E-state index in [0.717, 1.165) is 4.88 Å². The van der Waals surface area contributed by atoms with E-state index in [1.54, 1.807) is 13.8 Å². The normalized spacial score (nSPS) is 12.8. The van der Waals surface area contributed by atoms with E-state index in [1.165, 1.54) is 17.4 Å². The lowest BCUT2D eigenvalue weighted by molar-refractivity contribution is -0.159. The molecule has 2 heterocycles. The van der Waals surface area contributed by atoms with Crippen LogP contribution in [0.3, 0.4) is 0 Å². The summed E-state index contributed by atoms with van der Waals surface area (Å²) in [7, 11) is -3.84. The highest BCUT2D eigenvalue weighted by Gasteiger charge is 2.38. The van der Waals surface area contributed by atoms with Crippen molar-refractivity contribution in [2.45, 2.75) is 31.5 Å². The third-order valence-corrected chi connectivity index (χ3v) is 5.04. The molecule has 0 fully saturated rings. The number of nitrogens with zero attached hydrogens (tertiary/aromatic N) is 2. The summed E-state index contributed by atoms with van der Waals surface area (Å²) in [6, 6.07) is 1.49. The summed E-state index contributed by atoms with van der Waals surface area (Å²) >= 11 is 1.31. The van der Waals surface area contributed by atoms with Gasteiger partial charge in [-0.05, 0) is 19.9 Å². The first-order valence-electron chi connectivity index (χ1n) is 5.56. The molecule has 2 aromatic rings. The number of aryl methyl sites for hydroxylation is 2. The predicted octanol–water partition coefficient (Wildman–Crippen LogP) is 2.25. The van der Waals surface area contributed by atoms with Gasteiger partial charge in [-0.25, -0.2) is 13.1 Å². The number of hydrogen-bond acceptors (Lipinski definition) is 6. The van der Waals surface area contributed by atoms with Crippen LogP contribution in [0, 0.1) is 13.8 Å². The number of thiophene rings is 1. The number of alkyl halides is 3. The number of sulfonamides is 1. The van der Waals surface area contributed by atoms with Crippen LogP contribution in [-0.4, -0.2) is 18.6 Å². The molecule has 0 saturated carbocycles. The molecule has 0 spiro atoms. The van der Waals surface area contributed by atoms with Gasteiger partial charge in [0.25, 0.3) is 0 Å². The molecule has 2 aromatic heterocycles. The Morgan fingerprint density at radius 2 is 2.05 bits per heavy atom. The first kappa shape index (κ1) is 15.9. The summed E-state index contributed by atoms with van der Waals surface area (Å²) < 4.78 is 67.0. The molecule has 0 radical (unpaired) electrons. The van der Waals surface area contributed by atoms with Gasteiger partial charge >= 0.3 is 12.1 Å². The van der Waals surface area contributed by atoms with E-state index < -0.39 is 34.5 Å². The van der Waals surface area contributed by atoms with Crippen LogP contribution in [0.4, 0.5) is 13.2 Å². The number of nitrogens with one attached hydrogen (secondary N) is 1. The van der Waals surface area contributed by atoms with Crippen LogP contribution in [-0.2, 0) is 22.7 Å². The molecule has 0 aliphatic rings. The Kier molecular flexibility index (Phi) is 4.08. The van der Waals surface area contributed by atoms with Gasteiger partial charge in [0, 0.05) is 9.75 Å². The minimum absolute atomic E-state index is 0.0875. The van der Waals surface area contributed by atoms with E-state index in [4.69, 9.17) is 0 Å². The van der Waals surface area contributed by atoms with Gasteiger partial charge in [-0.3, -0.25) is 0 Å². The first-order valence-corrected chi connectivity index (χ1v) is 7.86. The van der Waals surface area contributed by atoms with Crippen molar-refractivity contribution in [3.8, 4) is 0 Å². The van der Waals surface area contributed by atoms with E-state index in [9.17, 15) is 21.6 Å². The van der Waals surface area contributed by atoms with Gasteiger partial charge in [0.05, 0.1) is 11.4 Å². The summed E-state index contributed by atoms with van der Waals surface area (Å²) in [6.45, 7) is 2.91. The molecule has 0 unspecified atom stereocenters. The maximum Gasteiger partial charge on any atom is 0.471 e. The largest absolute Gasteiger partial charge is 0.471 e. The average molecular weight is 341 g/mol. The SMILES string of the molecule is Cc1cc(S(=O)(=O)NCc2noc(C(F)(F)F)n2)c(C)s1. The van der Waals surface area contributed by atoms with Gasteiger partial charge in [0.2, 0.25) is 10.0 Å². The highest BCUT2D eigenvalue weighted by atomic mass is 32.2. The molecular weight excluding hydrogens is 331 g/mol. The van der Waals surface area contributed by atoms with Crippen LogP contribution in [0.15, 0.2) is 15.5 Å². The number of halogens is 3. The molecule has 6 nitrogen and oxygen atoms in total. The van der Waals surface area contributed by atoms with Crippen LogP contribution < -0.4 is 4.72 Å². The summed E-state index contributed by atoms with van der Waals surface area (Å²) in [5.41, 5.74) is 0. The zero-order valence-electron chi connectivity index (χ0n) is 10.9. The number of aromatic nitrogens is 2. The minimum Gasteiger partial charge on any atom is -0.329 e. The molecule has 0 aliphatic heterocycles. The zero-order chi connectivity index (χ0) is 15.8. The zero-order valence-corrected chi connectivity index (χ0v) is 12.5. The van der Waals surface area contributed by atoms with Crippen molar-refractivity contribution >= 4 is 21.4 Å². The maximum absolute atomic E-state index is 12.3. The van der Waals surface area contributed by atoms with Gasteiger partial charge in [-0.2, -0.15) is 18.2 Å². The lowest BCUT2D eigenvalue weighted by atomic mass is 10.4. The van der Waals surface area contributed by atoms with Crippen molar-refractivity contribution in [1.82, 2.24) is 14.9 Å². The van der Waals surface area contributed by atoms with Gasteiger partial charge in [0.15, 0.2) is 5.82 Å². The highest BCUT2D eigenvalue weighted by molar-refractivity contribution is 7.89. The molecule has 116 valence electrons. The van der Waals surface area contributed by atoms with Gasteiger partial charge in [0.1, 0.15) is 0 Å². The average Bonchev–Trinajstić information content (AvgIpc) is 2.93. The lowest BCUT2D eigenvalue weighted by Crippen LogP contribution is -2.24. The van der Waals surface area contributed by atoms with Gasteiger partial charge in [-0.15, -0.1) is 11.3 Å². The van der Waals surface area contributed by atoms with Crippen LogP contribution >= 0.6 is 11.3 Å². The Balaban J connectivity index is 2.12. The van der Waals surface area contributed by atoms with E-state index in [2.05, 4.69) is 19.4 Å². The second-order valence-corrected chi connectivity index (χ2v) is 7.31. The van der Waals surface area contributed by atoms with Crippen LogP contribution in [0.2, 0.25) is 0 Å². The first-order chi connectivity index (χ1) is 9.59. The number of rotatable bonds is 4. The molecule has 11 heteroatoms. The molecule has 21 heavy (non-hydrogen) atoms. The standard InChI is InChI=1S/C10H10F3N3O3S2/c1-5-3-7(6(2)20-5)21(17,18)14-4-8-15-9(19-16-8)10(11,12)13/h3,14H,4H2,1-2H3. The number of hydrogen-bond donors (Lipinski definition) is 1. The molecule has 0 saturated heterocycles. The smallest absolute Gasteiger partial charge is 0.329 e. The highest BCUT2D eigenvalue weighted by Crippen LogP contribution is 2.27. The van der Waals surface area contributed by atoms with Crippen LogP contribution in [0.1, 0.15) is 21.5 Å². The molecule has 0 aliphatic carbocycles. The fourth-order valence-corrected chi connectivity index (χ4v) is 4.09. The fraction of sp³-hybridized carbons (Fsp3) is 0.400. The lowest BCUT2D eigenvalue weighted by Gasteiger charge is -2.03. The van der Waals surface area contributed by atoms with Crippen molar-refractivity contribution in [1.29, 1.82) is 0 Å². The Labute approximate surface area is 122 Å². The van der Waals surface area contributed by atoms with E-state index in [-0.39, 0.29) is 4.90 Å². The summed E-state index contributed by atoms with van der Waals surface area (Å²) in [5.74, 6) is -1.91. The van der Waals surface area contributed by atoms with Crippen molar-refractivity contribution < 1.29 is 26.1 Å². The second kappa shape index (κ2) is 5.39. The van der Waals surface area contributed by atoms with Gasteiger partial charge in [-0.1, -0.05) is 5.16 Å². The van der Waals surface area contributed by atoms with E-state index in [0.29, 0.717) is 4.88 Å². The third kappa shape index (κ3) is 3.60. The second-order valence-electron chi connectivity index (χ2n) is 4.12. The summed E-state index contributed by atoms with van der Waals surface area (Å²) in [4.78, 5) is 4.57. The molecule has 1 N–H and O–H groups in total. The van der Waals surface area contributed by atoms with Crippen molar-refractivity contribution in [2.24, 2.45) is 0 Å². The Hall–Kier alpha value is -1.46. The van der Waals surface area contributed by atoms with Crippen molar-refractivity contribution in [3.63, 3.8) is 0 Å². The molecule has 0 aromatic carbocycles. The van der Waals surface area contributed by atoms with Crippen LogP contribution in [0.5, 0.6) is 0 Å². The molecule has 0 amide bonds. The molecule has 0 atom stereocenters. The molecule has 0 bridgehead atoms. The van der Waals surface area contributed by atoms with Crippen molar-refractivity contribution in [2.75, 3.05) is 0 Å². The predicted molar refractivity (Wildman–Crippen MR) is 67.1 cm³/mol. The fourth-order valence-electron chi connectivity index (χ4n) is 1.55. The molecule has 2 rings (SSSR count). The molecular formula is C10H10F3N3O3S2. The summed E-state index contributed by atoms with van der Waals surface area (Å²) in [5, 5.41) is 3.08. The van der Waals surface area contributed by atoms with Crippen molar-refractivity contribution in [3.05, 3.63) is 27.5 Å². The quantitative estimate of drug-likeness (QED) is 0.922. The minimum atomic E-state index is -4.76. The Morgan fingerprint density at radius 3 is 2.52 bits per heavy atom. The van der Waals surface area contributed by atoms with Gasteiger partial charge < -0.3 is 4.52 Å². The third-order valence-electron chi connectivity index (χ3n) is 2.42. The Bertz CT molecular complexity index is 749. The Morgan fingerprint density at radius 1 is 1.38 bits per heavy atom. The van der Waals surface area contributed by atoms with E-state index >= 15 is 0 Å². The van der Waals surface area contributed by atoms with E-state index in [1.807, 2.05) is 0 Å². The summed E-state index contributed by atoms with van der Waals surface area (Å²) in [6.07, 6.45) is -4.76. The van der Waals surface area contributed by atoms with Crippen LogP contribution in [0.25, 0.3) is 0 Å². The monoisotopic (exact) mass is 341 g/mol. The maximum atomic E-state index is 12.3. The topological polar surface area (TPSA) is 85.1 Å².